The monoisotopic (exact) mass is 371 g/mol. The molecule has 0 bridgehead atoms. The standard InChI is InChI=1S/C18H33N3O3S/c1-14(2)20-13-16(17(19-20)18(3,4)5)25(23,24)21(11-12-22)15-9-7-6-8-10-15/h13-15,22H,6-12H2,1-5H3. The van der Waals surface area contributed by atoms with E-state index in [4.69, 9.17) is 0 Å². The SMILES string of the molecule is CC(C)n1cc(S(=O)(=O)N(CCO)C2CCCCC2)c(C(C)(C)C)n1. The molecule has 0 aromatic carbocycles. The number of rotatable bonds is 6. The Balaban J connectivity index is 2.51. The van der Waals surface area contributed by atoms with Crippen molar-refractivity contribution in [1.29, 1.82) is 0 Å². The molecular formula is C18H33N3O3S. The zero-order valence-electron chi connectivity index (χ0n) is 16.2. The average molecular weight is 372 g/mol. The highest BCUT2D eigenvalue weighted by Crippen LogP contribution is 2.33. The first kappa shape index (κ1) is 20.4. The number of nitrogens with zero attached hydrogens (tertiary/aromatic N) is 3. The van der Waals surface area contributed by atoms with Crippen LogP contribution in [0.25, 0.3) is 0 Å². The molecule has 0 aliphatic heterocycles. The molecule has 0 saturated heterocycles. The molecule has 1 heterocycles. The summed E-state index contributed by atoms with van der Waals surface area (Å²) < 4.78 is 30.2. The van der Waals surface area contributed by atoms with Crippen LogP contribution in [0.5, 0.6) is 0 Å². The van der Waals surface area contributed by atoms with Crippen LogP contribution in [0.1, 0.15) is 78.5 Å². The van der Waals surface area contributed by atoms with Crippen LogP contribution in [0.2, 0.25) is 0 Å². The van der Waals surface area contributed by atoms with E-state index in [0.717, 1.165) is 32.1 Å². The summed E-state index contributed by atoms with van der Waals surface area (Å²) in [5.74, 6) is 0. The van der Waals surface area contributed by atoms with Crippen LogP contribution in [-0.2, 0) is 15.4 Å². The lowest BCUT2D eigenvalue weighted by atomic mass is 9.92. The number of aliphatic hydroxyl groups excluding tert-OH is 1. The highest BCUT2D eigenvalue weighted by atomic mass is 32.2. The molecule has 0 radical (unpaired) electrons. The number of hydrogen-bond donors (Lipinski definition) is 1. The second-order valence-electron chi connectivity index (χ2n) is 8.30. The van der Waals surface area contributed by atoms with E-state index in [9.17, 15) is 13.5 Å². The lowest BCUT2D eigenvalue weighted by molar-refractivity contribution is 0.199. The van der Waals surface area contributed by atoms with Gasteiger partial charge in [-0.1, -0.05) is 40.0 Å². The molecule has 1 aromatic rings. The molecule has 0 amide bonds. The first-order valence-corrected chi connectivity index (χ1v) is 10.8. The Kier molecular flexibility index (Phi) is 6.33. The van der Waals surface area contributed by atoms with E-state index in [-0.39, 0.29) is 35.5 Å². The highest BCUT2D eigenvalue weighted by Gasteiger charge is 2.37. The zero-order valence-corrected chi connectivity index (χ0v) is 17.0. The van der Waals surface area contributed by atoms with Crippen LogP contribution in [0, 0.1) is 0 Å². The smallest absolute Gasteiger partial charge is 0.246 e. The van der Waals surface area contributed by atoms with E-state index < -0.39 is 10.0 Å². The lowest BCUT2D eigenvalue weighted by Gasteiger charge is -2.33. The Bertz CT molecular complexity index is 668. The minimum absolute atomic E-state index is 0.0267. The molecule has 25 heavy (non-hydrogen) atoms. The lowest BCUT2D eigenvalue weighted by Crippen LogP contribution is -2.43. The Morgan fingerprint density at radius 3 is 2.36 bits per heavy atom. The third kappa shape index (κ3) is 4.44. The molecule has 1 aliphatic carbocycles. The maximum absolute atomic E-state index is 13.5. The maximum Gasteiger partial charge on any atom is 0.246 e. The minimum Gasteiger partial charge on any atom is -0.395 e. The van der Waals surface area contributed by atoms with Crippen LogP contribution in [-0.4, -0.2) is 46.8 Å². The van der Waals surface area contributed by atoms with Gasteiger partial charge in [-0.3, -0.25) is 4.68 Å². The van der Waals surface area contributed by atoms with Gasteiger partial charge in [0.1, 0.15) is 4.90 Å². The molecule has 0 spiro atoms. The first-order chi connectivity index (χ1) is 11.6. The summed E-state index contributed by atoms with van der Waals surface area (Å²) in [7, 11) is -3.70. The van der Waals surface area contributed by atoms with Crippen molar-refractivity contribution in [2.75, 3.05) is 13.2 Å². The average Bonchev–Trinajstić information content (AvgIpc) is 3.00. The van der Waals surface area contributed by atoms with Crippen molar-refractivity contribution in [1.82, 2.24) is 14.1 Å². The molecule has 1 aromatic heterocycles. The second kappa shape index (κ2) is 7.76. The fourth-order valence-electron chi connectivity index (χ4n) is 3.44. The summed E-state index contributed by atoms with van der Waals surface area (Å²) in [6.45, 7) is 9.90. The summed E-state index contributed by atoms with van der Waals surface area (Å²) in [4.78, 5) is 0.285. The molecule has 1 N–H and O–H groups in total. The van der Waals surface area contributed by atoms with Crippen molar-refractivity contribution in [3.05, 3.63) is 11.9 Å². The molecule has 1 fully saturated rings. The highest BCUT2D eigenvalue weighted by molar-refractivity contribution is 7.89. The summed E-state index contributed by atoms with van der Waals surface area (Å²) in [5, 5.41) is 14.1. The Morgan fingerprint density at radius 2 is 1.88 bits per heavy atom. The van der Waals surface area contributed by atoms with Crippen molar-refractivity contribution in [2.24, 2.45) is 0 Å². The third-order valence-electron chi connectivity index (χ3n) is 4.83. The molecule has 144 valence electrons. The van der Waals surface area contributed by atoms with Gasteiger partial charge in [0.15, 0.2) is 0 Å². The van der Waals surface area contributed by atoms with Crippen LogP contribution in [0.3, 0.4) is 0 Å². The predicted octanol–water partition coefficient (Wildman–Crippen LogP) is 3.08. The Hall–Kier alpha value is -0.920. The van der Waals surface area contributed by atoms with Crippen molar-refractivity contribution in [3.8, 4) is 0 Å². The summed E-state index contributed by atoms with van der Waals surface area (Å²) >= 11 is 0. The van der Waals surface area contributed by atoms with Crippen molar-refractivity contribution >= 4 is 10.0 Å². The van der Waals surface area contributed by atoms with Gasteiger partial charge in [0.2, 0.25) is 10.0 Å². The van der Waals surface area contributed by atoms with Gasteiger partial charge in [-0.05, 0) is 26.7 Å². The number of aromatic nitrogens is 2. The van der Waals surface area contributed by atoms with Gasteiger partial charge in [-0.15, -0.1) is 0 Å². The van der Waals surface area contributed by atoms with Gasteiger partial charge in [-0.2, -0.15) is 9.40 Å². The predicted molar refractivity (Wildman–Crippen MR) is 99.2 cm³/mol. The molecule has 7 heteroatoms. The summed E-state index contributed by atoms with van der Waals surface area (Å²) in [6, 6.07) is 0.0622. The normalized spacial score (nSPS) is 17.6. The maximum atomic E-state index is 13.5. The molecule has 0 atom stereocenters. The van der Waals surface area contributed by atoms with Crippen LogP contribution in [0.4, 0.5) is 0 Å². The van der Waals surface area contributed by atoms with Crippen LogP contribution < -0.4 is 0 Å². The fourth-order valence-corrected chi connectivity index (χ4v) is 5.45. The van der Waals surface area contributed by atoms with E-state index in [1.54, 1.807) is 10.9 Å². The molecule has 0 unspecified atom stereocenters. The van der Waals surface area contributed by atoms with Gasteiger partial charge in [0.05, 0.1) is 12.3 Å². The number of hydrogen-bond acceptors (Lipinski definition) is 4. The Labute approximate surface area is 152 Å². The fraction of sp³-hybridized carbons (Fsp3) is 0.833. The zero-order chi connectivity index (χ0) is 18.8. The van der Waals surface area contributed by atoms with E-state index >= 15 is 0 Å². The molecule has 1 saturated carbocycles. The van der Waals surface area contributed by atoms with Gasteiger partial charge in [0, 0.05) is 30.2 Å². The van der Waals surface area contributed by atoms with Crippen molar-refractivity contribution < 1.29 is 13.5 Å². The molecule has 1 aliphatic rings. The van der Waals surface area contributed by atoms with Crippen LogP contribution in [0.15, 0.2) is 11.1 Å². The van der Waals surface area contributed by atoms with Crippen molar-refractivity contribution in [2.45, 2.75) is 89.1 Å². The van der Waals surface area contributed by atoms with E-state index in [0.29, 0.717) is 5.69 Å². The summed E-state index contributed by atoms with van der Waals surface area (Å²) in [5.41, 5.74) is 0.222. The number of aliphatic hydroxyl groups is 1. The molecule has 2 rings (SSSR count). The quantitative estimate of drug-likeness (QED) is 0.834. The Morgan fingerprint density at radius 1 is 1.28 bits per heavy atom. The second-order valence-corrected chi connectivity index (χ2v) is 10.2. The van der Waals surface area contributed by atoms with Crippen LogP contribution >= 0.6 is 0 Å². The number of sulfonamides is 1. The van der Waals surface area contributed by atoms with Crippen molar-refractivity contribution in [3.63, 3.8) is 0 Å². The minimum atomic E-state index is -3.70. The van der Waals surface area contributed by atoms with E-state index in [1.165, 1.54) is 4.31 Å². The summed E-state index contributed by atoms with van der Waals surface area (Å²) in [6.07, 6.45) is 6.62. The molecular weight excluding hydrogens is 338 g/mol. The largest absolute Gasteiger partial charge is 0.395 e. The van der Waals surface area contributed by atoms with Gasteiger partial charge >= 0.3 is 0 Å². The van der Waals surface area contributed by atoms with Gasteiger partial charge < -0.3 is 5.11 Å². The topological polar surface area (TPSA) is 75.4 Å². The first-order valence-electron chi connectivity index (χ1n) is 9.31. The van der Waals surface area contributed by atoms with Gasteiger partial charge in [-0.25, -0.2) is 8.42 Å². The van der Waals surface area contributed by atoms with E-state index in [1.807, 2.05) is 34.6 Å². The van der Waals surface area contributed by atoms with Gasteiger partial charge in [0.25, 0.3) is 0 Å². The third-order valence-corrected chi connectivity index (χ3v) is 6.78. The molecule has 6 nitrogen and oxygen atoms in total. The van der Waals surface area contributed by atoms with E-state index in [2.05, 4.69) is 5.10 Å².